The molecule has 1 fully saturated rings. The highest BCUT2D eigenvalue weighted by atomic mass is 32.2. The molecule has 0 spiro atoms. The van der Waals surface area contributed by atoms with Crippen LogP contribution in [0.2, 0.25) is 0 Å². The molecule has 0 amide bonds. The fourth-order valence-corrected chi connectivity index (χ4v) is 3.84. The molecule has 1 aliphatic heterocycles. The minimum Gasteiger partial charge on any atom is -0.508 e. The Hall–Kier alpha value is -1.11. The van der Waals surface area contributed by atoms with Crippen LogP contribution in [-0.2, 0) is 10.0 Å². The molecule has 1 saturated heterocycles. The molecule has 0 bridgehead atoms. The number of phenolic OH excluding ortho intramolecular Hbond substituents is 1. The Morgan fingerprint density at radius 3 is 2.21 bits per heavy atom. The first kappa shape index (κ1) is 14.3. The van der Waals surface area contributed by atoms with Gasteiger partial charge in [-0.1, -0.05) is 0 Å². The van der Waals surface area contributed by atoms with Crippen LogP contribution in [0.5, 0.6) is 5.75 Å². The van der Waals surface area contributed by atoms with Gasteiger partial charge in [0.1, 0.15) is 5.75 Å². The zero-order valence-electron chi connectivity index (χ0n) is 10.9. The fourth-order valence-electron chi connectivity index (χ4n) is 2.37. The first-order valence-corrected chi connectivity index (χ1v) is 7.82. The van der Waals surface area contributed by atoms with Gasteiger partial charge in [-0.2, -0.15) is 4.31 Å². The highest BCUT2D eigenvalue weighted by molar-refractivity contribution is 7.89. The molecule has 1 heterocycles. The van der Waals surface area contributed by atoms with E-state index < -0.39 is 16.1 Å². The summed E-state index contributed by atoms with van der Waals surface area (Å²) >= 11 is 0. The molecule has 0 aromatic heterocycles. The molecule has 6 heteroatoms. The minimum absolute atomic E-state index is 0.0479. The molecule has 2 rings (SSSR count). The second-order valence-corrected chi connectivity index (χ2v) is 6.91. The lowest BCUT2D eigenvalue weighted by molar-refractivity contribution is 0.0912. The van der Waals surface area contributed by atoms with Gasteiger partial charge in [-0.3, -0.25) is 0 Å². The van der Waals surface area contributed by atoms with E-state index in [1.165, 1.54) is 28.6 Å². The van der Waals surface area contributed by atoms with Crippen LogP contribution in [0.1, 0.15) is 19.8 Å². The summed E-state index contributed by atoms with van der Waals surface area (Å²) in [4.78, 5) is 0.195. The molecule has 1 aromatic carbocycles. The molecular formula is C13H19NO4S. The molecule has 0 aliphatic carbocycles. The number of rotatable bonds is 3. The Morgan fingerprint density at radius 1 is 1.21 bits per heavy atom. The zero-order chi connectivity index (χ0) is 14.0. The van der Waals surface area contributed by atoms with Crippen LogP contribution in [0.25, 0.3) is 0 Å². The summed E-state index contributed by atoms with van der Waals surface area (Å²) in [7, 11) is -3.49. The second kappa shape index (κ2) is 5.48. The summed E-state index contributed by atoms with van der Waals surface area (Å²) in [5, 5.41) is 18.7. The number of nitrogens with zero attached hydrogens (tertiary/aromatic N) is 1. The molecule has 19 heavy (non-hydrogen) atoms. The Labute approximate surface area is 113 Å². The number of hydrogen-bond donors (Lipinski definition) is 2. The predicted molar refractivity (Wildman–Crippen MR) is 71.3 cm³/mol. The quantitative estimate of drug-likeness (QED) is 0.874. The Balaban J connectivity index is 2.12. The van der Waals surface area contributed by atoms with Crippen molar-refractivity contribution in [1.29, 1.82) is 0 Å². The van der Waals surface area contributed by atoms with Gasteiger partial charge in [-0.05, 0) is 49.9 Å². The van der Waals surface area contributed by atoms with E-state index in [0.717, 1.165) is 0 Å². The molecule has 1 atom stereocenters. The zero-order valence-corrected chi connectivity index (χ0v) is 11.7. The number of aromatic hydroxyl groups is 1. The molecule has 106 valence electrons. The SMILES string of the molecule is CC(O)C1CCN(S(=O)(=O)c2ccc(O)cc2)CC1. The van der Waals surface area contributed by atoms with Gasteiger partial charge < -0.3 is 10.2 Å². The standard InChI is InChI=1S/C13H19NO4S/c1-10(15)11-6-8-14(9-7-11)19(17,18)13-4-2-12(16)3-5-13/h2-5,10-11,15-16H,6-9H2,1H3. The van der Waals surface area contributed by atoms with Crippen molar-refractivity contribution in [2.24, 2.45) is 5.92 Å². The van der Waals surface area contributed by atoms with E-state index in [9.17, 15) is 18.6 Å². The monoisotopic (exact) mass is 285 g/mol. The lowest BCUT2D eigenvalue weighted by Gasteiger charge is -2.32. The van der Waals surface area contributed by atoms with Crippen molar-refractivity contribution in [3.8, 4) is 5.75 Å². The number of aliphatic hydroxyl groups excluding tert-OH is 1. The van der Waals surface area contributed by atoms with Crippen molar-refractivity contribution in [3.05, 3.63) is 24.3 Å². The van der Waals surface area contributed by atoms with E-state index in [4.69, 9.17) is 0 Å². The van der Waals surface area contributed by atoms with Gasteiger partial charge in [-0.15, -0.1) is 0 Å². The minimum atomic E-state index is -3.49. The van der Waals surface area contributed by atoms with Gasteiger partial charge in [0.05, 0.1) is 11.0 Å². The fraction of sp³-hybridized carbons (Fsp3) is 0.538. The summed E-state index contributed by atoms with van der Waals surface area (Å²) < 4.78 is 26.2. The van der Waals surface area contributed by atoms with Crippen LogP contribution in [0.4, 0.5) is 0 Å². The van der Waals surface area contributed by atoms with Crippen molar-refractivity contribution in [2.75, 3.05) is 13.1 Å². The van der Waals surface area contributed by atoms with E-state index in [2.05, 4.69) is 0 Å². The van der Waals surface area contributed by atoms with E-state index in [0.29, 0.717) is 25.9 Å². The normalized spacial score (nSPS) is 20.3. The summed E-state index contributed by atoms with van der Waals surface area (Å²) in [5.41, 5.74) is 0. The van der Waals surface area contributed by atoms with E-state index in [1.54, 1.807) is 6.92 Å². The highest BCUT2D eigenvalue weighted by Gasteiger charge is 2.30. The van der Waals surface area contributed by atoms with Crippen LogP contribution in [0, 0.1) is 5.92 Å². The van der Waals surface area contributed by atoms with Crippen LogP contribution in [0.15, 0.2) is 29.2 Å². The lowest BCUT2D eigenvalue weighted by atomic mass is 9.93. The van der Waals surface area contributed by atoms with Crippen molar-refractivity contribution in [1.82, 2.24) is 4.31 Å². The van der Waals surface area contributed by atoms with Crippen LogP contribution >= 0.6 is 0 Å². The molecule has 1 aliphatic rings. The number of benzene rings is 1. The third kappa shape index (κ3) is 3.08. The first-order chi connectivity index (χ1) is 8.91. The summed E-state index contributed by atoms with van der Waals surface area (Å²) in [5.74, 6) is 0.220. The van der Waals surface area contributed by atoms with Crippen molar-refractivity contribution in [3.63, 3.8) is 0 Å². The third-order valence-corrected chi connectivity index (χ3v) is 5.57. The average molecular weight is 285 g/mol. The van der Waals surface area contributed by atoms with Crippen molar-refractivity contribution >= 4 is 10.0 Å². The molecule has 5 nitrogen and oxygen atoms in total. The summed E-state index contributed by atoms with van der Waals surface area (Å²) in [6.07, 6.45) is 0.961. The summed E-state index contributed by atoms with van der Waals surface area (Å²) in [6.45, 7) is 2.60. The molecule has 0 saturated carbocycles. The Bertz CT molecular complexity index is 516. The maximum atomic E-state index is 12.4. The molecule has 2 N–H and O–H groups in total. The van der Waals surface area contributed by atoms with Gasteiger partial charge in [0.2, 0.25) is 10.0 Å². The average Bonchev–Trinajstić information content (AvgIpc) is 2.39. The number of hydrogen-bond acceptors (Lipinski definition) is 4. The smallest absolute Gasteiger partial charge is 0.243 e. The van der Waals surface area contributed by atoms with Crippen LogP contribution in [0.3, 0.4) is 0 Å². The number of aliphatic hydroxyl groups is 1. The second-order valence-electron chi connectivity index (χ2n) is 4.98. The topological polar surface area (TPSA) is 77.8 Å². The third-order valence-electron chi connectivity index (χ3n) is 3.66. The highest BCUT2D eigenvalue weighted by Crippen LogP contribution is 2.26. The first-order valence-electron chi connectivity index (χ1n) is 6.38. The number of phenols is 1. The van der Waals surface area contributed by atoms with E-state index in [-0.39, 0.29) is 16.6 Å². The number of piperidine rings is 1. The maximum absolute atomic E-state index is 12.4. The molecule has 1 aromatic rings. The van der Waals surface area contributed by atoms with Gasteiger partial charge in [0.15, 0.2) is 0 Å². The van der Waals surface area contributed by atoms with E-state index >= 15 is 0 Å². The van der Waals surface area contributed by atoms with Crippen molar-refractivity contribution < 1.29 is 18.6 Å². The number of sulfonamides is 1. The Kier molecular flexibility index (Phi) is 4.13. The van der Waals surface area contributed by atoms with Gasteiger partial charge in [0, 0.05) is 13.1 Å². The van der Waals surface area contributed by atoms with Crippen LogP contribution in [-0.4, -0.2) is 42.1 Å². The Morgan fingerprint density at radius 2 is 1.74 bits per heavy atom. The largest absolute Gasteiger partial charge is 0.508 e. The predicted octanol–water partition coefficient (Wildman–Crippen LogP) is 1.17. The lowest BCUT2D eigenvalue weighted by Crippen LogP contribution is -2.40. The summed E-state index contributed by atoms with van der Waals surface area (Å²) in [6, 6.07) is 5.56. The van der Waals surface area contributed by atoms with Gasteiger partial charge in [-0.25, -0.2) is 8.42 Å². The van der Waals surface area contributed by atoms with Gasteiger partial charge >= 0.3 is 0 Å². The molecule has 1 unspecified atom stereocenters. The van der Waals surface area contributed by atoms with Crippen LogP contribution < -0.4 is 0 Å². The molecular weight excluding hydrogens is 266 g/mol. The maximum Gasteiger partial charge on any atom is 0.243 e. The van der Waals surface area contributed by atoms with Gasteiger partial charge in [0.25, 0.3) is 0 Å². The van der Waals surface area contributed by atoms with E-state index in [1.807, 2.05) is 0 Å². The van der Waals surface area contributed by atoms with Crippen molar-refractivity contribution in [2.45, 2.75) is 30.8 Å². The molecule has 0 radical (unpaired) electrons.